The third-order valence-electron chi connectivity index (χ3n) is 4.88. The van der Waals surface area contributed by atoms with Gasteiger partial charge in [0.15, 0.2) is 5.13 Å². The van der Waals surface area contributed by atoms with Gasteiger partial charge in [0.05, 0.1) is 10.9 Å². The van der Waals surface area contributed by atoms with Crippen LogP contribution in [0, 0.1) is 5.92 Å². The van der Waals surface area contributed by atoms with Gasteiger partial charge in [0.2, 0.25) is 5.91 Å². The quantitative estimate of drug-likeness (QED) is 0.923. The zero-order chi connectivity index (χ0) is 16.4. The molecular weight excluding hydrogens is 324 g/mol. The Bertz CT molecular complexity index is 672. The maximum atomic E-state index is 12.5. The third kappa shape index (κ3) is 3.37. The van der Waals surface area contributed by atoms with Crippen LogP contribution in [0.15, 0.2) is 18.5 Å². The monoisotopic (exact) mass is 346 g/mol. The number of piperidine rings is 1. The highest BCUT2D eigenvalue weighted by molar-refractivity contribution is 7.22. The lowest BCUT2D eigenvalue weighted by Crippen LogP contribution is -2.45. The number of fused-ring (bicyclic) bond motifs is 1. The van der Waals surface area contributed by atoms with Crippen molar-refractivity contribution in [3.63, 3.8) is 0 Å². The van der Waals surface area contributed by atoms with Gasteiger partial charge in [-0.25, -0.2) is 4.98 Å². The molecule has 0 aromatic carbocycles. The van der Waals surface area contributed by atoms with Gasteiger partial charge in [-0.1, -0.05) is 11.3 Å². The second kappa shape index (κ2) is 7.03. The van der Waals surface area contributed by atoms with Crippen LogP contribution in [-0.2, 0) is 9.53 Å². The summed E-state index contributed by atoms with van der Waals surface area (Å²) in [5.74, 6) is 0.343. The number of amides is 1. The highest BCUT2D eigenvalue weighted by Gasteiger charge is 2.28. The molecule has 0 atom stereocenters. The van der Waals surface area contributed by atoms with Crippen LogP contribution < -0.4 is 10.2 Å². The maximum Gasteiger partial charge on any atom is 0.223 e. The number of rotatable bonds is 3. The van der Waals surface area contributed by atoms with Crippen LogP contribution in [0.3, 0.4) is 0 Å². The molecule has 0 radical (unpaired) electrons. The van der Waals surface area contributed by atoms with E-state index in [0.717, 1.165) is 62.6 Å². The molecule has 2 aliphatic heterocycles. The Balaban J connectivity index is 1.33. The lowest BCUT2D eigenvalue weighted by atomic mass is 9.95. The molecule has 2 aromatic rings. The van der Waals surface area contributed by atoms with Crippen molar-refractivity contribution in [3.05, 3.63) is 18.5 Å². The molecule has 1 amide bonds. The second-order valence-electron chi connectivity index (χ2n) is 6.50. The average Bonchev–Trinajstić information content (AvgIpc) is 3.07. The van der Waals surface area contributed by atoms with Crippen LogP contribution in [0.4, 0.5) is 5.13 Å². The normalized spacial score (nSPS) is 20.4. The number of pyridine rings is 1. The summed E-state index contributed by atoms with van der Waals surface area (Å²) in [5.41, 5.74) is 0.955. The molecule has 128 valence electrons. The molecule has 2 saturated heterocycles. The van der Waals surface area contributed by atoms with E-state index in [4.69, 9.17) is 4.74 Å². The van der Waals surface area contributed by atoms with E-state index in [1.807, 2.05) is 12.3 Å². The van der Waals surface area contributed by atoms with E-state index >= 15 is 0 Å². The minimum Gasteiger partial charge on any atom is -0.381 e. The average molecular weight is 346 g/mol. The zero-order valence-corrected chi connectivity index (χ0v) is 14.4. The first-order valence-corrected chi connectivity index (χ1v) is 9.45. The number of nitrogens with zero attached hydrogens (tertiary/aromatic N) is 3. The highest BCUT2D eigenvalue weighted by Crippen LogP contribution is 2.31. The predicted octanol–water partition coefficient (Wildman–Crippen LogP) is 2.20. The van der Waals surface area contributed by atoms with E-state index in [9.17, 15) is 4.79 Å². The lowest BCUT2D eigenvalue weighted by molar-refractivity contribution is -0.126. The topological polar surface area (TPSA) is 67.3 Å². The molecule has 2 aromatic heterocycles. The standard InChI is InChI=1S/C17H22N4O2S/c22-16(19-13-4-9-23-10-5-13)12-2-7-21(8-3-12)17-20-14-11-18-6-1-15(14)24-17/h1,6,11-13H,2-5,7-10H2,(H,19,22). The Kier molecular flexibility index (Phi) is 4.62. The molecule has 4 heterocycles. The fourth-order valence-electron chi connectivity index (χ4n) is 3.40. The minimum atomic E-state index is 0.125. The molecule has 7 heteroatoms. The molecule has 2 aliphatic rings. The summed E-state index contributed by atoms with van der Waals surface area (Å²) in [6.07, 6.45) is 7.27. The Morgan fingerprint density at radius 3 is 2.79 bits per heavy atom. The van der Waals surface area contributed by atoms with Gasteiger partial charge in [-0.15, -0.1) is 0 Å². The number of carbonyl (C=O) groups is 1. The fraction of sp³-hybridized carbons (Fsp3) is 0.588. The first-order valence-electron chi connectivity index (χ1n) is 8.63. The molecule has 2 fully saturated rings. The fourth-order valence-corrected chi connectivity index (χ4v) is 4.38. The Morgan fingerprint density at radius 2 is 2.04 bits per heavy atom. The Labute approximate surface area is 145 Å². The van der Waals surface area contributed by atoms with E-state index in [0.29, 0.717) is 6.04 Å². The van der Waals surface area contributed by atoms with Crippen LogP contribution >= 0.6 is 11.3 Å². The number of ether oxygens (including phenoxy) is 1. The van der Waals surface area contributed by atoms with Crippen molar-refractivity contribution in [2.75, 3.05) is 31.2 Å². The highest BCUT2D eigenvalue weighted by atomic mass is 32.1. The van der Waals surface area contributed by atoms with Gasteiger partial charge in [0, 0.05) is 44.5 Å². The Morgan fingerprint density at radius 1 is 1.25 bits per heavy atom. The summed E-state index contributed by atoms with van der Waals surface area (Å²) < 4.78 is 6.51. The number of anilines is 1. The van der Waals surface area contributed by atoms with Crippen molar-refractivity contribution >= 4 is 32.6 Å². The van der Waals surface area contributed by atoms with Crippen molar-refractivity contribution in [2.45, 2.75) is 31.7 Å². The van der Waals surface area contributed by atoms with Crippen molar-refractivity contribution in [1.82, 2.24) is 15.3 Å². The summed E-state index contributed by atoms with van der Waals surface area (Å²) in [4.78, 5) is 23.5. The van der Waals surface area contributed by atoms with Crippen molar-refractivity contribution in [2.24, 2.45) is 5.92 Å². The molecule has 1 N–H and O–H groups in total. The summed E-state index contributed by atoms with van der Waals surface area (Å²) in [6, 6.07) is 2.30. The first kappa shape index (κ1) is 15.8. The predicted molar refractivity (Wildman–Crippen MR) is 94.3 cm³/mol. The van der Waals surface area contributed by atoms with E-state index in [-0.39, 0.29) is 11.8 Å². The van der Waals surface area contributed by atoms with E-state index < -0.39 is 0 Å². The van der Waals surface area contributed by atoms with Crippen molar-refractivity contribution in [3.8, 4) is 0 Å². The van der Waals surface area contributed by atoms with Crippen molar-refractivity contribution < 1.29 is 9.53 Å². The van der Waals surface area contributed by atoms with Gasteiger partial charge in [-0.2, -0.15) is 0 Å². The van der Waals surface area contributed by atoms with Crippen LogP contribution in [0.1, 0.15) is 25.7 Å². The first-order chi connectivity index (χ1) is 11.8. The van der Waals surface area contributed by atoms with Gasteiger partial charge >= 0.3 is 0 Å². The summed E-state index contributed by atoms with van der Waals surface area (Å²) >= 11 is 1.70. The van der Waals surface area contributed by atoms with Crippen LogP contribution in [0.25, 0.3) is 10.2 Å². The number of carbonyl (C=O) groups excluding carboxylic acids is 1. The molecule has 0 bridgehead atoms. The number of aromatic nitrogens is 2. The molecule has 0 saturated carbocycles. The summed E-state index contributed by atoms with van der Waals surface area (Å²) in [7, 11) is 0. The lowest BCUT2D eigenvalue weighted by Gasteiger charge is -2.32. The van der Waals surface area contributed by atoms with E-state index in [2.05, 4.69) is 20.2 Å². The number of thiazole rings is 1. The summed E-state index contributed by atoms with van der Waals surface area (Å²) in [5, 5.41) is 4.25. The third-order valence-corrected chi connectivity index (χ3v) is 5.98. The maximum absolute atomic E-state index is 12.5. The zero-order valence-electron chi connectivity index (χ0n) is 13.6. The second-order valence-corrected chi connectivity index (χ2v) is 7.51. The minimum absolute atomic E-state index is 0.125. The van der Waals surface area contributed by atoms with E-state index in [1.54, 1.807) is 17.5 Å². The smallest absolute Gasteiger partial charge is 0.223 e. The number of hydrogen-bond acceptors (Lipinski definition) is 6. The number of hydrogen-bond donors (Lipinski definition) is 1. The van der Waals surface area contributed by atoms with Crippen LogP contribution in [0.5, 0.6) is 0 Å². The van der Waals surface area contributed by atoms with Crippen LogP contribution in [-0.4, -0.2) is 48.2 Å². The molecule has 24 heavy (non-hydrogen) atoms. The molecule has 0 unspecified atom stereocenters. The molecule has 6 nitrogen and oxygen atoms in total. The van der Waals surface area contributed by atoms with E-state index in [1.165, 1.54) is 4.70 Å². The molecular formula is C17H22N4O2S. The molecule has 0 spiro atoms. The van der Waals surface area contributed by atoms with Gasteiger partial charge in [0.25, 0.3) is 0 Å². The van der Waals surface area contributed by atoms with Gasteiger partial charge in [0.1, 0.15) is 5.52 Å². The van der Waals surface area contributed by atoms with Crippen molar-refractivity contribution in [1.29, 1.82) is 0 Å². The van der Waals surface area contributed by atoms with Gasteiger partial charge in [-0.3, -0.25) is 9.78 Å². The largest absolute Gasteiger partial charge is 0.381 e. The SMILES string of the molecule is O=C(NC1CCOCC1)C1CCN(c2nc3cnccc3s2)CC1. The van der Waals surface area contributed by atoms with Gasteiger partial charge < -0.3 is 15.0 Å². The van der Waals surface area contributed by atoms with Gasteiger partial charge in [-0.05, 0) is 31.7 Å². The van der Waals surface area contributed by atoms with Crippen LogP contribution in [0.2, 0.25) is 0 Å². The Hall–Kier alpha value is -1.73. The molecule has 4 rings (SSSR count). The summed E-state index contributed by atoms with van der Waals surface area (Å²) in [6.45, 7) is 3.30. The molecule has 0 aliphatic carbocycles. The number of nitrogens with one attached hydrogen (secondary N) is 1.